The molecule has 176 valence electrons. The predicted molar refractivity (Wildman–Crippen MR) is 126 cm³/mol. The zero-order valence-corrected chi connectivity index (χ0v) is 18.9. The number of nitrogens with one attached hydrogen (secondary N) is 3. The van der Waals surface area contributed by atoms with Crippen molar-refractivity contribution in [1.82, 2.24) is 30.2 Å². The van der Waals surface area contributed by atoms with Crippen LogP contribution in [-0.2, 0) is 0 Å². The molecule has 5 heterocycles. The van der Waals surface area contributed by atoms with E-state index in [-0.39, 0.29) is 17.4 Å². The van der Waals surface area contributed by atoms with E-state index in [2.05, 4.69) is 35.5 Å². The van der Waals surface area contributed by atoms with Crippen LogP contribution in [0.4, 0.5) is 15.9 Å². The number of ether oxygens (including phenoxy) is 1. The molecule has 0 bridgehead atoms. The Bertz CT molecular complexity index is 1380. The highest BCUT2D eigenvalue weighted by molar-refractivity contribution is 6.14. The van der Waals surface area contributed by atoms with Crippen LogP contribution >= 0.6 is 0 Å². The van der Waals surface area contributed by atoms with E-state index in [4.69, 9.17) is 9.72 Å². The van der Waals surface area contributed by atoms with Gasteiger partial charge in [0, 0.05) is 31.1 Å². The number of aliphatic hydroxyl groups excluding tert-OH is 1. The first kappa shape index (κ1) is 21.0. The molecule has 2 aliphatic rings. The van der Waals surface area contributed by atoms with Crippen LogP contribution in [0.2, 0.25) is 0 Å². The van der Waals surface area contributed by atoms with Gasteiger partial charge in [-0.15, -0.1) is 0 Å². The van der Waals surface area contributed by atoms with E-state index in [0.717, 1.165) is 43.4 Å². The van der Waals surface area contributed by atoms with Crippen molar-refractivity contribution >= 4 is 33.4 Å². The lowest BCUT2D eigenvalue weighted by Crippen LogP contribution is -2.58. The molecule has 3 aromatic heterocycles. The lowest BCUT2D eigenvalue weighted by Gasteiger charge is -2.39. The fraction of sp³-hybridized carbons (Fsp3) is 0.391. The maximum absolute atomic E-state index is 14.5. The molecular formula is C23H25FN8O2. The highest BCUT2D eigenvalue weighted by Gasteiger charge is 2.43. The molecule has 6 rings (SSSR count). The smallest absolute Gasteiger partial charge is 0.326 e. The average Bonchev–Trinajstić information content (AvgIpc) is 3.41. The van der Waals surface area contributed by atoms with Gasteiger partial charge in [-0.3, -0.25) is 0 Å². The van der Waals surface area contributed by atoms with Crippen molar-refractivity contribution < 1.29 is 14.2 Å². The number of rotatable bonds is 5. The Kier molecular flexibility index (Phi) is 4.78. The number of benzene rings is 1. The van der Waals surface area contributed by atoms with Crippen molar-refractivity contribution in [1.29, 1.82) is 0 Å². The number of nitrogens with zero attached hydrogens (tertiary/aromatic N) is 5. The normalized spacial score (nSPS) is 20.8. The van der Waals surface area contributed by atoms with Gasteiger partial charge in [-0.2, -0.15) is 9.97 Å². The minimum atomic E-state index is -0.774. The average molecular weight is 465 g/mol. The Morgan fingerprint density at radius 2 is 2.03 bits per heavy atom. The number of aromatic amines is 1. The molecule has 10 nitrogen and oxygen atoms in total. The summed E-state index contributed by atoms with van der Waals surface area (Å²) < 4.78 is 20.4. The summed E-state index contributed by atoms with van der Waals surface area (Å²) in [6.45, 7) is 4.25. The fourth-order valence-corrected chi connectivity index (χ4v) is 4.88. The van der Waals surface area contributed by atoms with Crippen LogP contribution in [-0.4, -0.2) is 62.2 Å². The maximum atomic E-state index is 14.5. The van der Waals surface area contributed by atoms with E-state index in [9.17, 15) is 9.50 Å². The zero-order valence-electron chi connectivity index (χ0n) is 18.9. The number of hydrogen-bond donors (Lipinski definition) is 4. The van der Waals surface area contributed by atoms with Crippen LogP contribution in [0, 0.1) is 5.82 Å². The molecule has 34 heavy (non-hydrogen) atoms. The summed E-state index contributed by atoms with van der Waals surface area (Å²) in [5, 5.41) is 17.7. The summed E-state index contributed by atoms with van der Waals surface area (Å²) >= 11 is 0. The molecule has 1 aromatic carbocycles. The van der Waals surface area contributed by atoms with Crippen molar-refractivity contribution in [3.8, 4) is 11.8 Å². The molecule has 1 spiro atoms. The standard InChI is InChI=1S/C23H25FN8O2/c1-12(33)19-26-9-14(10-27-19)34-22-30-20-17(15-7-13(24)8-16(25-2)18(15)29-20)21(31-22)32-6-4-23(11-32)3-5-28-23/h7-10,12,25,28,33H,3-6,11H2,1-2H3,(H,29,30,31). The van der Waals surface area contributed by atoms with E-state index >= 15 is 0 Å². The van der Waals surface area contributed by atoms with Gasteiger partial charge in [0.15, 0.2) is 11.6 Å². The lowest BCUT2D eigenvalue weighted by molar-refractivity contribution is 0.188. The van der Waals surface area contributed by atoms with Gasteiger partial charge >= 0.3 is 6.01 Å². The zero-order chi connectivity index (χ0) is 23.4. The second-order valence-corrected chi connectivity index (χ2v) is 8.99. The minimum absolute atomic E-state index is 0.108. The summed E-state index contributed by atoms with van der Waals surface area (Å²) in [6, 6.07) is 3.10. The molecule has 0 aliphatic carbocycles. The van der Waals surface area contributed by atoms with Gasteiger partial charge in [0.05, 0.1) is 29.0 Å². The third kappa shape index (κ3) is 3.39. The quantitative estimate of drug-likeness (QED) is 0.353. The maximum Gasteiger partial charge on any atom is 0.326 e. The third-order valence-electron chi connectivity index (χ3n) is 6.74. The van der Waals surface area contributed by atoms with E-state index in [1.165, 1.54) is 24.5 Å². The van der Waals surface area contributed by atoms with Crippen LogP contribution in [0.15, 0.2) is 24.5 Å². The van der Waals surface area contributed by atoms with Gasteiger partial charge in [0.1, 0.15) is 23.4 Å². The molecule has 0 saturated carbocycles. The highest BCUT2D eigenvalue weighted by atomic mass is 19.1. The molecule has 11 heteroatoms. The topological polar surface area (TPSA) is 124 Å². The molecule has 2 saturated heterocycles. The summed E-state index contributed by atoms with van der Waals surface area (Å²) in [4.78, 5) is 23.1. The van der Waals surface area contributed by atoms with Crippen LogP contribution in [0.5, 0.6) is 11.8 Å². The molecule has 0 amide bonds. The molecule has 4 N–H and O–H groups in total. The van der Waals surface area contributed by atoms with E-state index in [0.29, 0.717) is 34.1 Å². The van der Waals surface area contributed by atoms with Gasteiger partial charge in [-0.25, -0.2) is 14.4 Å². The number of anilines is 2. The molecular weight excluding hydrogens is 439 g/mol. The van der Waals surface area contributed by atoms with E-state index in [1.54, 1.807) is 14.0 Å². The third-order valence-corrected chi connectivity index (χ3v) is 6.74. The lowest BCUT2D eigenvalue weighted by atomic mass is 9.87. The summed E-state index contributed by atoms with van der Waals surface area (Å²) in [7, 11) is 1.75. The van der Waals surface area contributed by atoms with E-state index in [1.807, 2.05) is 0 Å². The largest absolute Gasteiger partial charge is 0.421 e. The monoisotopic (exact) mass is 464 g/mol. The molecule has 2 aliphatic heterocycles. The van der Waals surface area contributed by atoms with Crippen molar-refractivity contribution in [3.05, 3.63) is 36.2 Å². The first-order valence-corrected chi connectivity index (χ1v) is 11.3. The Balaban J connectivity index is 1.48. The number of hydrogen-bond acceptors (Lipinski definition) is 9. The predicted octanol–water partition coefficient (Wildman–Crippen LogP) is 2.87. The summed E-state index contributed by atoms with van der Waals surface area (Å²) in [6.07, 6.45) is 4.32. The second kappa shape index (κ2) is 7.74. The molecule has 2 fully saturated rings. The Morgan fingerprint density at radius 3 is 2.68 bits per heavy atom. The van der Waals surface area contributed by atoms with Crippen molar-refractivity contribution in [2.24, 2.45) is 0 Å². The van der Waals surface area contributed by atoms with Gasteiger partial charge in [0.2, 0.25) is 0 Å². The van der Waals surface area contributed by atoms with Crippen LogP contribution in [0.1, 0.15) is 31.7 Å². The Morgan fingerprint density at radius 1 is 1.24 bits per heavy atom. The molecule has 4 aromatic rings. The van der Waals surface area contributed by atoms with Gasteiger partial charge < -0.3 is 30.4 Å². The van der Waals surface area contributed by atoms with Crippen molar-refractivity contribution in [2.75, 3.05) is 36.9 Å². The fourth-order valence-electron chi connectivity index (χ4n) is 4.88. The highest BCUT2D eigenvalue weighted by Crippen LogP contribution is 2.40. The van der Waals surface area contributed by atoms with Gasteiger partial charge in [-0.05, 0) is 38.4 Å². The molecule has 2 unspecified atom stereocenters. The number of aromatic nitrogens is 5. The second-order valence-electron chi connectivity index (χ2n) is 8.99. The van der Waals surface area contributed by atoms with Gasteiger partial charge in [-0.1, -0.05) is 0 Å². The Hall–Kier alpha value is -3.57. The minimum Gasteiger partial charge on any atom is -0.421 e. The number of H-pyrrole nitrogens is 1. The SMILES string of the molecule is CNc1cc(F)cc2c1[nH]c1nc(Oc3cnc(C(C)O)nc3)nc(N3CCC4(CCN4)C3)c12. The van der Waals surface area contributed by atoms with Crippen LogP contribution < -0.4 is 20.3 Å². The summed E-state index contributed by atoms with van der Waals surface area (Å²) in [5.41, 5.74) is 2.06. The first-order valence-electron chi connectivity index (χ1n) is 11.3. The van der Waals surface area contributed by atoms with Crippen molar-refractivity contribution in [2.45, 2.75) is 31.4 Å². The number of fused-ring (bicyclic) bond motifs is 3. The molecule has 0 radical (unpaired) electrons. The van der Waals surface area contributed by atoms with Crippen LogP contribution in [0.25, 0.3) is 21.9 Å². The van der Waals surface area contributed by atoms with Crippen molar-refractivity contribution in [3.63, 3.8) is 0 Å². The number of aliphatic hydroxyl groups is 1. The van der Waals surface area contributed by atoms with Crippen LogP contribution in [0.3, 0.4) is 0 Å². The first-order chi connectivity index (χ1) is 16.4. The van der Waals surface area contributed by atoms with E-state index < -0.39 is 6.10 Å². The number of halogens is 1. The Labute approximate surface area is 194 Å². The van der Waals surface area contributed by atoms with Gasteiger partial charge in [0.25, 0.3) is 0 Å². The summed E-state index contributed by atoms with van der Waals surface area (Å²) in [5.74, 6) is 1.02. The molecule has 2 atom stereocenters.